The molecular weight excluding hydrogens is 425 g/mol. The molecule has 2 N–H and O–H groups in total. The van der Waals surface area contributed by atoms with Crippen LogP contribution in [-0.2, 0) is 0 Å². The van der Waals surface area contributed by atoms with E-state index in [0.717, 1.165) is 8.95 Å². The van der Waals surface area contributed by atoms with Gasteiger partial charge in [0.25, 0.3) is 0 Å². The second kappa shape index (κ2) is 6.68. The molecule has 0 radical (unpaired) electrons. The SMILES string of the molecule is COc1cc(Nc2ccc(Cl)cc2C(=O)O)c(Br)cc1Br. The Morgan fingerprint density at radius 1 is 1.19 bits per heavy atom. The Hall–Kier alpha value is -1.24. The lowest BCUT2D eigenvalue weighted by Crippen LogP contribution is -2.03. The zero-order valence-corrected chi connectivity index (χ0v) is 14.7. The molecule has 0 aromatic heterocycles. The van der Waals surface area contributed by atoms with Crippen molar-refractivity contribution in [2.75, 3.05) is 12.4 Å². The van der Waals surface area contributed by atoms with Gasteiger partial charge in [-0.15, -0.1) is 0 Å². The summed E-state index contributed by atoms with van der Waals surface area (Å²) >= 11 is 12.6. The normalized spacial score (nSPS) is 10.3. The van der Waals surface area contributed by atoms with E-state index in [-0.39, 0.29) is 5.56 Å². The van der Waals surface area contributed by atoms with E-state index in [4.69, 9.17) is 16.3 Å². The fraction of sp³-hybridized carbons (Fsp3) is 0.0714. The molecule has 2 rings (SSSR count). The van der Waals surface area contributed by atoms with Gasteiger partial charge in [0.15, 0.2) is 0 Å². The molecule has 110 valence electrons. The third-order valence-electron chi connectivity index (χ3n) is 2.72. The first-order valence-electron chi connectivity index (χ1n) is 5.75. The summed E-state index contributed by atoms with van der Waals surface area (Å²) < 4.78 is 6.78. The molecule has 2 aromatic rings. The van der Waals surface area contributed by atoms with Gasteiger partial charge in [0.2, 0.25) is 0 Å². The first-order valence-corrected chi connectivity index (χ1v) is 7.71. The van der Waals surface area contributed by atoms with Crippen molar-refractivity contribution in [1.29, 1.82) is 0 Å². The number of methoxy groups -OCH3 is 1. The molecule has 0 heterocycles. The average Bonchev–Trinajstić information content (AvgIpc) is 2.43. The molecule has 0 aliphatic carbocycles. The van der Waals surface area contributed by atoms with Crippen molar-refractivity contribution in [2.24, 2.45) is 0 Å². The monoisotopic (exact) mass is 433 g/mol. The maximum Gasteiger partial charge on any atom is 0.337 e. The van der Waals surface area contributed by atoms with E-state index in [2.05, 4.69) is 37.2 Å². The van der Waals surface area contributed by atoms with Gasteiger partial charge in [0.1, 0.15) is 5.75 Å². The van der Waals surface area contributed by atoms with Crippen molar-refractivity contribution in [2.45, 2.75) is 0 Å². The minimum absolute atomic E-state index is 0.0938. The Balaban J connectivity index is 2.45. The van der Waals surface area contributed by atoms with E-state index in [1.54, 1.807) is 25.3 Å². The second-order valence-corrected chi connectivity index (χ2v) is 6.23. The van der Waals surface area contributed by atoms with Crippen LogP contribution in [0.2, 0.25) is 5.02 Å². The number of nitrogens with one attached hydrogen (secondary N) is 1. The molecule has 0 saturated carbocycles. The predicted molar refractivity (Wildman–Crippen MR) is 90.1 cm³/mol. The van der Waals surface area contributed by atoms with Crippen LogP contribution in [0.1, 0.15) is 10.4 Å². The summed E-state index contributed by atoms with van der Waals surface area (Å²) in [6.07, 6.45) is 0. The number of rotatable bonds is 4. The molecule has 0 fully saturated rings. The molecule has 0 aliphatic rings. The van der Waals surface area contributed by atoms with Crippen molar-refractivity contribution in [3.05, 3.63) is 49.9 Å². The maximum atomic E-state index is 11.3. The first-order chi connectivity index (χ1) is 9.92. The molecule has 4 nitrogen and oxygen atoms in total. The van der Waals surface area contributed by atoms with Crippen LogP contribution < -0.4 is 10.1 Å². The molecule has 0 saturated heterocycles. The summed E-state index contributed by atoms with van der Waals surface area (Å²) in [6, 6.07) is 8.22. The van der Waals surface area contributed by atoms with Gasteiger partial charge < -0.3 is 15.2 Å². The molecule has 21 heavy (non-hydrogen) atoms. The number of carboxylic acid groups (broad SMARTS) is 1. The Kier molecular flexibility index (Phi) is 5.13. The molecule has 2 aromatic carbocycles. The van der Waals surface area contributed by atoms with Gasteiger partial charge in [0, 0.05) is 15.6 Å². The topological polar surface area (TPSA) is 58.6 Å². The van der Waals surface area contributed by atoms with Crippen LogP contribution in [0.3, 0.4) is 0 Å². The molecule has 0 unspecified atom stereocenters. The fourth-order valence-electron chi connectivity index (χ4n) is 1.73. The average molecular weight is 435 g/mol. The molecule has 0 bridgehead atoms. The van der Waals surface area contributed by atoms with Crippen molar-refractivity contribution < 1.29 is 14.6 Å². The van der Waals surface area contributed by atoms with E-state index < -0.39 is 5.97 Å². The number of benzene rings is 2. The Morgan fingerprint density at radius 3 is 2.52 bits per heavy atom. The van der Waals surface area contributed by atoms with Crippen molar-refractivity contribution >= 4 is 60.8 Å². The van der Waals surface area contributed by atoms with Crippen molar-refractivity contribution in [3.8, 4) is 5.75 Å². The van der Waals surface area contributed by atoms with Gasteiger partial charge in [-0.3, -0.25) is 0 Å². The highest BCUT2D eigenvalue weighted by molar-refractivity contribution is 9.11. The van der Waals surface area contributed by atoms with Gasteiger partial charge in [-0.2, -0.15) is 0 Å². The predicted octanol–water partition coefficient (Wildman–Crippen LogP) is 5.32. The van der Waals surface area contributed by atoms with Crippen LogP contribution in [0.4, 0.5) is 11.4 Å². The van der Waals surface area contributed by atoms with E-state index in [0.29, 0.717) is 22.1 Å². The van der Waals surface area contributed by atoms with Crippen LogP contribution in [0.15, 0.2) is 39.3 Å². The molecule has 0 aliphatic heterocycles. The van der Waals surface area contributed by atoms with E-state index >= 15 is 0 Å². The van der Waals surface area contributed by atoms with Crippen molar-refractivity contribution in [1.82, 2.24) is 0 Å². The van der Waals surface area contributed by atoms with Gasteiger partial charge in [0.05, 0.1) is 28.5 Å². The van der Waals surface area contributed by atoms with Crippen LogP contribution >= 0.6 is 43.5 Å². The lowest BCUT2D eigenvalue weighted by atomic mass is 10.1. The van der Waals surface area contributed by atoms with Gasteiger partial charge in [-0.25, -0.2) is 4.79 Å². The molecule has 0 amide bonds. The molecule has 0 spiro atoms. The summed E-state index contributed by atoms with van der Waals surface area (Å²) in [7, 11) is 1.56. The van der Waals surface area contributed by atoms with E-state index in [1.165, 1.54) is 6.07 Å². The molecule has 0 atom stereocenters. The third kappa shape index (κ3) is 3.70. The summed E-state index contributed by atoms with van der Waals surface area (Å²) in [6.45, 7) is 0. The summed E-state index contributed by atoms with van der Waals surface area (Å²) in [4.78, 5) is 11.3. The summed E-state index contributed by atoms with van der Waals surface area (Å²) in [5.41, 5.74) is 1.22. The fourth-order valence-corrected chi connectivity index (χ4v) is 3.16. The number of hydrogen-bond donors (Lipinski definition) is 2. The number of anilines is 2. The van der Waals surface area contributed by atoms with Gasteiger partial charge in [-0.1, -0.05) is 11.6 Å². The lowest BCUT2D eigenvalue weighted by molar-refractivity contribution is 0.0698. The van der Waals surface area contributed by atoms with Gasteiger partial charge >= 0.3 is 5.97 Å². The van der Waals surface area contributed by atoms with E-state index in [1.807, 2.05) is 6.07 Å². The van der Waals surface area contributed by atoms with Gasteiger partial charge in [-0.05, 0) is 56.1 Å². The molecular formula is C14H10Br2ClNO3. The standard InChI is InChI=1S/C14H10Br2ClNO3/c1-21-13-6-12(9(15)5-10(13)16)18-11-3-2-7(17)4-8(11)14(19)20/h2-6,18H,1H3,(H,19,20). The second-order valence-electron chi connectivity index (χ2n) is 4.09. The third-order valence-corrected chi connectivity index (χ3v) is 4.23. The maximum absolute atomic E-state index is 11.3. The Bertz CT molecular complexity index is 707. The first kappa shape index (κ1) is 16.1. The number of carbonyl (C=O) groups is 1. The minimum Gasteiger partial charge on any atom is -0.495 e. The largest absolute Gasteiger partial charge is 0.495 e. The Morgan fingerprint density at radius 2 is 1.90 bits per heavy atom. The lowest BCUT2D eigenvalue weighted by Gasteiger charge is -2.14. The highest BCUT2D eigenvalue weighted by Crippen LogP contribution is 2.36. The number of ether oxygens (including phenoxy) is 1. The van der Waals surface area contributed by atoms with Crippen LogP contribution in [-0.4, -0.2) is 18.2 Å². The smallest absolute Gasteiger partial charge is 0.337 e. The quantitative estimate of drug-likeness (QED) is 0.683. The minimum atomic E-state index is -1.06. The summed E-state index contributed by atoms with van der Waals surface area (Å²) in [5, 5.41) is 12.7. The van der Waals surface area contributed by atoms with Crippen LogP contribution in [0, 0.1) is 0 Å². The van der Waals surface area contributed by atoms with Crippen LogP contribution in [0.25, 0.3) is 0 Å². The summed E-state index contributed by atoms with van der Waals surface area (Å²) in [5.74, 6) is -0.424. The highest BCUT2D eigenvalue weighted by Gasteiger charge is 2.13. The Labute approximate surface area is 143 Å². The molecule has 7 heteroatoms. The number of carboxylic acids is 1. The van der Waals surface area contributed by atoms with Crippen molar-refractivity contribution in [3.63, 3.8) is 0 Å². The van der Waals surface area contributed by atoms with Crippen LogP contribution in [0.5, 0.6) is 5.75 Å². The zero-order chi connectivity index (χ0) is 15.6. The van der Waals surface area contributed by atoms with E-state index in [9.17, 15) is 9.90 Å². The highest BCUT2D eigenvalue weighted by atomic mass is 79.9. The zero-order valence-electron chi connectivity index (χ0n) is 10.8. The number of aromatic carboxylic acids is 1. The number of halogens is 3. The number of hydrogen-bond acceptors (Lipinski definition) is 3.